The second kappa shape index (κ2) is 7.05. The van der Waals surface area contributed by atoms with Crippen molar-refractivity contribution in [3.05, 3.63) is 64.4 Å². The zero-order valence-corrected chi connectivity index (χ0v) is 14.9. The molecule has 1 fully saturated rings. The molecule has 1 atom stereocenters. The van der Waals surface area contributed by atoms with Crippen molar-refractivity contribution in [2.24, 2.45) is 0 Å². The fourth-order valence-corrected chi connectivity index (χ4v) is 3.30. The first kappa shape index (κ1) is 18.4. The van der Waals surface area contributed by atoms with Gasteiger partial charge in [0.15, 0.2) is 0 Å². The molecule has 0 aliphatic carbocycles. The van der Waals surface area contributed by atoms with Crippen molar-refractivity contribution in [2.45, 2.75) is 25.5 Å². The second-order valence-electron chi connectivity index (χ2n) is 6.31. The average molecular weight is 377 g/mol. The summed E-state index contributed by atoms with van der Waals surface area (Å²) in [5.74, 6) is -2.00. The molecule has 1 aliphatic heterocycles. The maximum absolute atomic E-state index is 13.4. The molecule has 5 nitrogen and oxygen atoms in total. The van der Waals surface area contributed by atoms with Gasteiger partial charge in [0.1, 0.15) is 5.82 Å². The largest absolute Gasteiger partial charge is 0.372 e. The highest BCUT2D eigenvalue weighted by molar-refractivity contribution is 6.30. The quantitative estimate of drug-likeness (QED) is 0.806. The molecule has 0 radical (unpaired) electrons. The van der Waals surface area contributed by atoms with Crippen LogP contribution in [0, 0.1) is 12.7 Å². The first-order valence-corrected chi connectivity index (χ1v) is 8.52. The van der Waals surface area contributed by atoms with Gasteiger partial charge in [0.25, 0.3) is 11.8 Å². The molecule has 7 heteroatoms. The monoisotopic (exact) mass is 376 g/mol. The third kappa shape index (κ3) is 3.43. The standard InChI is InChI=1S/C19H18ClFN2O3/c1-12-4-2-3-5-16(12)23-7-6-19(26,18(23)25)17(24)22-11-13-8-14(20)10-15(21)9-13/h2-5,8-10,26H,6-7,11H2,1H3,(H,22,24)/t19-/m1/s1. The Hall–Kier alpha value is -2.44. The van der Waals surface area contributed by atoms with Crippen LogP contribution in [-0.2, 0) is 16.1 Å². The lowest BCUT2D eigenvalue weighted by Gasteiger charge is -2.22. The molecule has 0 saturated carbocycles. The molecule has 2 amide bonds. The topological polar surface area (TPSA) is 69.6 Å². The van der Waals surface area contributed by atoms with Crippen LogP contribution < -0.4 is 10.2 Å². The molecule has 136 valence electrons. The van der Waals surface area contributed by atoms with E-state index in [4.69, 9.17) is 11.6 Å². The normalized spacial score (nSPS) is 19.7. The lowest BCUT2D eigenvalue weighted by molar-refractivity contribution is -0.149. The first-order chi connectivity index (χ1) is 12.3. The molecule has 3 rings (SSSR count). The van der Waals surface area contributed by atoms with Crippen LogP contribution in [0.1, 0.15) is 17.5 Å². The first-order valence-electron chi connectivity index (χ1n) is 8.14. The van der Waals surface area contributed by atoms with Gasteiger partial charge in [-0.05, 0) is 42.3 Å². The van der Waals surface area contributed by atoms with Crippen LogP contribution in [-0.4, -0.2) is 29.1 Å². The smallest absolute Gasteiger partial charge is 0.268 e. The minimum absolute atomic E-state index is 0.0179. The third-order valence-electron chi connectivity index (χ3n) is 4.45. The van der Waals surface area contributed by atoms with Gasteiger partial charge in [0, 0.05) is 30.2 Å². The lowest BCUT2D eigenvalue weighted by Crippen LogP contribution is -2.52. The summed E-state index contributed by atoms with van der Waals surface area (Å²) >= 11 is 5.78. The lowest BCUT2D eigenvalue weighted by atomic mass is 10.0. The molecule has 2 aromatic carbocycles. The van der Waals surface area contributed by atoms with Crippen molar-refractivity contribution in [1.29, 1.82) is 0 Å². The Morgan fingerprint density at radius 2 is 2.08 bits per heavy atom. The van der Waals surface area contributed by atoms with Gasteiger partial charge in [-0.2, -0.15) is 0 Å². The number of aryl methyl sites for hydroxylation is 1. The Kier molecular flexibility index (Phi) is 4.98. The molecule has 1 saturated heterocycles. The van der Waals surface area contributed by atoms with Gasteiger partial charge in [0.2, 0.25) is 5.60 Å². The highest BCUT2D eigenvalue weighted by Gasteiger charge is 2.51. The summed E-state index contributed by atoms with van der Waals surface area (Å²) in [6.45, 7) is 2.05. The van der Waals surface area contributed by atoms with Gasteiger partial charge in [0.05, 0.1) is 0 Å². The van der Waals surface area contributed by atoms with E-state index in [9.17, 15) is 19.1 Å². The van der Waals surface area contributed by atoms with E-state index in [2.05, 4.69) is 5.32 Å². The van der Waals surface area contributed by atoms with E-state index in [1.54, 1.807) is 12.1 Å². The fourth-order valence-electron chi connectivity index (χ4n) is 3.05. The van der Waals surface area contributed by atoms with E-state index < -0.39 is 23.2 Å². The number of nitrogens with one attached hydrogen (secondary N) is 1. The molecule has 2 N–H and O–H groups in total. The molecule has 0 bridgehead atoms. The maximum atomic E-state index is 13.4. The van der Waals surface area contributed by atoms with Gasteiger partial charge < -0.3 is 15.3 Å². The number of anilines is 1. The van der Waals surface area contributed by atoms with E-state index >= 15 is 0 Å². The zero-order valence-electron chi connectivity index (χ0n) is 14.1. The Morgan fingerprint density at radius 1 is 1.35 bits per heavy atom. The summed E-state index contributed by atoms with van der Waals surface area (Å²) in [4.78, 5) is 26.5. The van der Waals surface area contributed by atoms with Crippen LogP contribution >= 0.6 is 11.6 Å². The number of para-hydroxylation sites is 1. The number of halogens is 2. The Morgan fingerprint density at radius 3 is 2.77 bits per heavy atom. The van der Waals surface area contributed by atoms with Gasteiger partial charge in [-0.1, -0.05) is 29.8 Å². The fraction of sp³-hybridized carbons (Fsp3) is 0.263. The van der Waals surface area contributed by atoms with Crippen molar-refractivity contribution in [3.63, 3.8) is 0 Å². The molecule has 2 aromatic rings. The number of rotatable bonds is 4. The summed E-state index contributed by atoms with van der Waals surface area (Å²) in [6, 6.07) is 11.2. The van der Waals surface area contributed by atoms with Crippen LogP contribution in [0.4, 0.5) is 10.1 Å². The highest BCUT2D eigenvalue weighted by Crippen LogP contribution is 2.30. The van der Waals surface area contributed by atoms with Crippen LogP contribution in [0.25, 0.3) is 0 Å². The zero-order chi connectivity index (χ0) is 18.9. The molecule has 26 heavy (non-hydrogen) atoms. The van der Waals surface area contributed by atoms with Crippen LogP contribution in [0.5, 0.6) is 0 Å². The van der Waals surface area contributed by atoms with E-state index in [1.807, 2.05) is 19.1 Å². The molecular formula is C19H18ClFN2O3. The maximum Gasteiger partial charge on any atom is 0.268 e. The number of hydrogen-bond donors (Lipinski definition) is 2. The molecule has 0 spiro atoms. The van der Waals surface area contributed by atoms with Gasteiger partial charge in [-0.3, -0.25) is 9.59 Å². The molecule has 1 aliphatic rings. The minimum Gasteiger partial charge on any atom is -0.372 e. The summed E-state index contributed by atoms with van der Waals surface area (Å²) < 4.78 is 13.4. The van der Waals surface area contributed by atoms with Crippen molar-refractivity contribution in [2.75, 3.05) is 11.4 Å². The summed E-state index contributed by atoms with van der Waals surface area (Å²) in [6.07, 6.45) is -0.0179. The van der Waals surface area contributed by atoms with Crippen molar-refractivity contribution in [3.8, 4) is 0 Å². The Labute approximate surface area is 155 Å². The summed E-state index contributed by atoms with van der Waals surface area (Å²) in [5.41, 5.74) is -0.162. The molecule has 0 unspecified atom stereocenters. The number of hydrogen-bond acceptors (Lipinski definition) is 3. The summed E-state index contributed by atoms with van der Waals surface area (Å²) in [5, 5.41) is 13.3. The SMILES string of the molecule is Cc1ccccc1N1CC[C@@](O)(C(=O)NCc2cc(F)cc(Cl)c2)C1=O. The van der Waals surface area contributed by atoms with Crippen molar-refractivity contribution < 1.29 is 19.1 Å². The highest BCUT2D eigenvalue weighted by atomic mass is 35.5. The molecular weight excluding hydrogens is 359 g/mol. The Balaban J connectivity index is 1.73. The van der Waals surface area contributed by atoms with Crippen LogP contribution in [0.3, 0.4) is 0 Å². The van der Waals surface area contributed by atoms with Gasteiger partial charge in [-0.25, -0.2) is 4.39 Å². The van der Waals surface area contributed by atoms with Gasteiger partial charge >= 0.3 is 0 Å². The van der Waals surface area contributed by atoms with Crippen LogP contribution in [0.2, 0.25) is 5.02 Å². The number of amides is 2. The van der Waals surface area contributed by atoms with E-state index in [-0.39, 0.29) is 24.5 Å². The number of carbonyl (C=O) groups is 2. The number of carbonyl (C=O) groups excluding carboxylic acids is 2. The van der Waals surface area contributed by atoms with Gasteiger partial charge in [-0.15, -0.1) is 0 Å². The van der Waals surface area contributed by atoms with Crippen molar-refractivity contribution in [1.82, 2.24) is 5.32 Å². The number of benzene rings is 2. The molecule has 0 aromatic heterocycles. The van der Waals surface area contributed by atoms with Crippen molar-refractivity contribution >= 4 is 29.1 Å². The number of aliphatic hydroxyl groups is 1. The molecule has 1 heterocycles. The van der Waals surface area contributed by atoms with Crippen LogP contribution in [0.15, 0.2) is 42.5 Å². The van der Waals surface area contributed by atoms with E-state index in [1.165, 1.54) is 17.0 Å². The minimum atomic E-state index is -2.14. The van der Waals surface area contributed by atoms with E-state index in [0.717, 1.165) is 11.6 Å². The van der Waals surface area contributed by atoms with E-state index in [0.29, 0.717) is 11.3 Å². The summed E-state index contributed by atoms with van der Waals surface area (Å²) in [7, 11) is 0. The second-order valence-corrected chi connectivity index (χ2v) is 6.75. The average Bonchev–Trinajstić information content (AvgIpc) is 2.89. The third-order valence-corrected chi connectivity index (χ3v) is 4.67. The predicted molar refractivity (Wildman–Crippen MR) is 96.4 cm³/mol. The predicted octanol–water partition coefficient (Wildman–Crippen LogP) is 2.57. The Bertz CT molecular complexity index is 853. The number of nitrogens with zero attached hydrogens (tertiary/aromatic N) is 1.